The number of hydrazone groups is 2. The predicted octanol–water partition coefficient (Wildman–Crippen LogP) is 4.39. The highest BCUT2D eigenvalue weighted by Crippen LogP contribution is 2.29. The van der Waals surface area contributed by atoms with Gasteiger partial charge in [0, 0.05) is 0 Å². The first-order chi connectivity index (χ1) is 13.1. The second-order valence-electron chi connectivity index (χ2n) is 5.31. The highest BCUT2D eigenvalue weighted by atomic mass is 19.4. The van der Waals surface area contributed by atoms with Crippen LogP contribution in [0, 0.1) is 0 Å². The molecule has 0 bridgehead atoms. The molecule has 2 aromatic rings. The highest BCUT2D eigenvalue weighted by molar-refractivity contribution is 5.83. The van der Waals surface area contributed by atoms with Crippen molar-refractivity contribution < 1.29 is 31.1 Å². The molecule has 28 heavy (non-hydrogen) atoms. The van der Waals surface area contributed by atoms with E-state index < -0.39 is 29.5 Å². The number of nitrogens with zero attached hydrogens (tertiary/aromatic N) is 2. The van der Waals surface area contributed by atoms with E-state index in [9.17, 15) is 31.1 Å². The van der Waals surface area contributed by atoms with Crippen molar-refractivity contribution in [3.8, 4) is 0 Å². The topological polar surface area (TPSA) is 65.8 Å². The van der Waals surface area contributed by atoms with Crippen LogP contribution in [0.1, 0.15) is 22.3 Å². The van der Waals surface area contributed by atoms with Crippen LogP contribution in [0.5, 0.6) is 0 Å². The van der Waals surface area contributed by atoms with Crippen molar-refractivity contribution in [3.05, 3.63) is 70.8 Å². The van der Waals surface area contributed by atoms with Crippen molar-refractivity contribution in [3.63, 3.8) is 0 Å². The highest BCUT2D eigenvalue weighted by Gasteiger charge is 2.30. The molecule has 0 spiro atoms. The number of urea groups is 1. The van der Waals surface area contributed by atoms with Gasteiger partial charge in [-0.05, 0) is 35.4 Å². The molecule has 0 unspecified atom stereocenters. The van der Waals surface area contributed by atoms with Crippen LogP contribution in [0.15, 0.2) is 58.7 Å². The van der Waals surface area contributed by atoms with Gasteiger partial charge in [-0.3, -0.25) is 0 Å². The molecule has 0 saturated heterocycles. The standard InChI is InChI=1S/C17H12F6N4O/c18-16(19,20)13-5-1-11(2-6-13)9-24-26-15(28)27-25-10-12-3-7-14(8-4-12)17(21,22)23/h1-10H,(H2,26,27,28)/b24-9+,25-10+. The van der Waals surface area contributed by atoms with Gasteiger partial charge in [-0.25, -0.2) is 15.6 Å². The summed E-state index contributed by atoms with van der Waals surface area (Å²) >= 11 is 0. The quantitative estimate of drug-likeness (QED) is 0.445. The molecule has 11 heteroatoms. The van der Waals surface area contributed by atoms with Gasteiger partial charge in [-0.15, -0.1) is 0 Å². The number of carbonyl (C=O) groups excluding carboxylic acids is 1. The van der Waals surface area contributed by atoms with Gasteiger partial charge < -0.3 is 0 Å². The Labute approximate surface area is 154 Å². The monoisotopic (exact) mass is 402 g/mol. The van der Waals surface area contributed by atoms with E-state index in [1.807, 2.05) is 10.9 Å². The molecule has 0 aromatic heterocycles. The smallest absolute Gasteiger partial charge is 0.245 e. The Kier molecular flexibility index (Phi) is 6.39. The average molecular weight is 402 g/mol. The molecule has 0 aliphatic rings. The van der Waals surface area contributed by atoms with Crippen LogP contribution >= 0.6 is 0 Å². The molecule has 148 valence electrons. The second kappa shape index (κ2) is 8.55. The third kappa shape index (κ3) is 6.41. The second-order valence-corrected chi connectivity index (χ2v) is 5.31. The molecule has 0 heterocycles. The summed E-state index contributed by atoms with van der Waals surface area (Å²) in [5, 5.41) is 7.06. The summed E-state index contributed by atoms with van der Waals surface area (Å²) in [6, 6.07) is 7.33. The first kappa shape index (κ1) is 20.9. The van der Waals surface area contributed by atoms with Gasteiger partial charge in [-0.2, -0.15) is 36.5 Å². The minimum atomic E-state index is -4.45. The minimum Gasteiger partial charge on any atom is -0.245 e. The van der Waals surface area contributed by atoms with Gasteiger partial charge in [0.05, 0.1) is 23.6 Å². The maximum absolute atomic E-state index is 12.4. The van der Waals surface area contributed by atoms with Gasteiger partial charge in [0.25, 0.3) is 0 Å². The van der Waals surface area contributed by atoms with Crippen molar-refractivity contribution in [2.45, 2.75) is 12.4 Å². The summed E-state index contributed by atoms with van der Waals surface area (Å²) in [6.07, 6.45) is -6.64. The van der Waals surface area contributed by atoms with Crippen molar-refractivity contribution in [1.82, 2.24) is 10.9 Å². The third-order valence-corrected chi connectivity index (χ3v) is 3.24. The fourth-order valence-corrected chi connectivity index (χ4v) is 1.87. The molecule has 0 fully saturated rings. The number of rotatable bonds is 4. The van der Waals surface area contributed by atoms with Crippen molar-refractivity contribution >= 4 is 18.5 Å². The van der Waals surface area contributed by atoms with Crippen LogP contribution in [0.4, 0.5) is 31.1 Å². The zero-order valence-corrected chi connectivity index (χ0v) is 13.8. The maximum Gasteiger partial charge on any atom is 0.416 e. The van der Waals surface area contributed by atoms with E-state index in [0.717, 1.165) is 36.7 Å². The van der Waals surface area contributed by atoms with Crippen LogP contribution in [0.2, 0.25) is 0 Å². The lowest BCUT2D eigenvalue weighted by Gasteiger charge is -2.05. The zero-order valence-electron chi connectivity index (χ0n) is 13.8. The van der Waals surface area contributed by atoms with Crippen LogP contribution < -0.4 is 10.9 Å². The van der Waals surface area contributed by atoms with Gasteiger partial charge in [0.15, 0.2) is 0 Å². The lowest BCUT2D eigenvalue weighted by atomic mass is 10.1. The van der Waals surface area contributed by atoms with Crippen LogP contribution in [0.3, 0.4) is 0 Å². The summed E-state index contributed by atoms with van der Waals surface area (Å²) < 4.78 is 74.6. The van der Waals surface area contributed by atoms with E-state index in [-0.39, 0.29) is 0 Å². The summed E-state index contributed by atoms with van der Waals surface area (Å²) in [5.74, 6) is 0. The van der Waals surface area contributed by atoms with Crippen molar-refractivity contribution in [1.29, 1.82) is 0 Å². The Morgan fingerprint density at radius 1 is 0.679 bits per heavy atom. The molecule has 0 aliphatic heterocycles. The number of hydrogen-bond donors (Lipinski definition) is 2. The largest absolute Gasteiger partial charge is 0.416 e. The Bertz CT molecular complexity index is 784. The lowest BCUT2D eigenvalue weighted by Crippen LogP contribution is -2.28. The van der Waals surface area contributed by atoms with E-state index in [0.29, 0.717) is 11.1 Å². The first-order valence-electron chi connectivity index (χ1n) is 7.52. The fourth-order valence-electron chi connectivity index (χ4n) is 1.87. The number of benzene rings is 2. The number of hydrogen-bond acceptors (Lipinski definition) is 3. The first-order valence-corrected chi connectivity index (χ1v) is 7.52. The normalized spacial score (nSPS) is 12.5. The number of alkyl halides is 6. The molecule has 2 rings (SSSR count). The summed E-state index contributed by atoms with van der Waals surface area (Å²) in [4.78, 5) is 11.4. The number of halogens is 6. The van der Waals surface area contributed by atoms with E-state index in [1.165, 1.54) is 24.3 Å². The molecule has 2 amide bonds. The van der Waals surface area contributed by atoms with Crippen molar-refractivity contribution in [2.24, 2.45) is 10.2 Å². The fraction of sp³-hybridized carbons (Fsp3) is 0.118. The Hall–Kier alpha value is -3.37. The molecular formula is C17H12F6N4O. The molecule has 5 nitrogen and oxygen atoms in total. The average Bonchev–Trinajstić information content (AvgIpc) is 2.61. The van der Waals surface area contributed by atoms with Crippen LogP contribution in [0.25, 0.3) is 0 Å². The Morgan fingerprint density at radius 3 is 1.29 bits per heavy atom. The number of carbonyl (C=O) groups is 1. The Balaban J connectivity index is 1.82. The van der Waals surface area contributed by atoms with Crippen molar-refractivity contribution in [2.75, 3.05) is 0 Å². The molecule has 0 aliphatic carbocycles. The Morgan fingerprint density at radius 2 is 1.00 bits per heavy atom. The van der Waals surface area contributed by atoms with E-state index in [1.54, 1.807) is 0 Å². The minimum absolute atomic E-state index is 0.321. The van der Waals surface area contributed by atoms with Gasteiger partial charge in [0.2, 0.25) is 0 Å². The molecule has 0 radical (unpaired) electrons. The van der Waals surface area contributed by atoms with Gasteiger partial charge in [0.1, 0.15) is 0 Å². The summed E-state index contributed by atoms with van der Waals surface area (Å²) in [6.45, 7) is 0. The van der Waals surface area contributed by atoms with Crippen LogP contribution in [-0.4, -0.2) is 18.5 Å². The number of amides is 2. The molecule has 2 N–H and O–H groups in total. The molecule has 0 saturated carbocycles. The van der Waals surface area contributed by atoms with Gasteiger partial charge >= 0.3 is 18.4 Å². The van der Waals surface area contributed by atoms with E-state index in [2.05, 4.69) is 10.2 Å². The molecular weight excluding hydrogens is 390 g/mol. The number of nitrogens with one attached hydrogen (secondary N) is 2. The van der Waals surface area contributed by atoms with E-state index in [4.69, 9.17) is 0 Å². The summed E-state index contributed by atoms with van der Waals surface area (Å²) in [7, 11) is 0. The maximum atomic E-state index is 12.4. The van der Waals surface area contributed by atoms with Crippen LogP contribution in [-0.2, 0) is 12.4 Å². The SMILES string of the molecule is O=C(N/N=C/c1ccc(C(F)(F)F)cc1)N/N=C/c1ccc(C(F)(F)F)cc1. The zero-order chi connectivity index (χ0) is 20.8. The molecule has 2 aromatic carbocycles. The summed E-state index contributed by atoms with van der Waals surface area (Å²) in [5.41, 5.74) is 3.07. The predicted molar refractivity (Wildman–Crippen MR) is 89.7 cm³/mol. The molecule has 0 atom stereocenters. The van der Waals surface area contributed by atoms with E-state index >= 15 is 0 Å². The van der Waals surface area contributed by atoms with Gasteiger partial charge in [-0.1, -0.05) is 24.3 Å². The lowest BCUT2D eigenvalue weighted by molar-refractivity contribution is -0.138. The third-order valence-electron chi connectivity index (χ3n) is 3.24.